The number of rotatable bonds is 2. The summed E-state index contributed by atoms with van der Waals surface area (Å²) in [5.41, 5.74) is 1.07. The lowest BCUT2D eigenvalue weighted by Gasteiger charge is -2.27. The molecule has 2 atom stereocenters. The average molecular weight is 264 g/mol. The molecule has 1 aromatic rings. The molecule has 4 nitrogen and oxygen atoms in total. The molecule has 5 heteroatoms. The van der Waals surface area contributed by atoms with Gasteiger partial charge in [0.15, 0.2) is 0 Å². The largest absolute Gasteiger partial charge is 0.335 e. The highest BCUT2D eigenvalue weighted by atomic mass is 35.5. The summed E-state index contributed by atoms with van der Waals surface area (Å²) in [7, 11) is 0. The first kappa shape index (κ1) is 11.7. The van der Waals surface area contributed by atoms with E-state index >= 15 is 0 Å². The molecule has 0 saturated carbocycles. The number of likely N-dealkylation sites (tertiary alicyclic amines) is 1. The molecule has 1 aromatic carbocycles. The Morgan fingerprint density at radius 1 is 1.28 bits per heavy atom. The fourth-order valence-corrected chi connectivity index (χ4v) is 2.76. The third-order valence-corrected chi connectivity index (χ3v) is 3.81. The van der Waals surface area contributed by atoms with Gasteiger partial charge in [-0.1, -0.05) is 23.7 Å². The molecule has 0 N–H and O–H groups in total. The van der Waals surface area contributed by atoms with Crippen LogP contribution in [0, 0.1) is 0 Å². The quantitative estimate of drug-likeness (QED) is 0.809. The van der Waals surface area contributed by atoms with Gasteiger partial charge in [0.1, 0.15) is 6.04 Å². The van der Waals surface area contributed by atoms with E-state index in [1.165, 1.54) is 0 Å². The van der Waals surface area contributed by atoms with Crippen LogP contribution in [0.5, 0.6) is 0 Å². The number of carbonyl (C=O) groups excluding carboxylic acids is 1. The molecule has 1 amide bonds. The van der Waals surface area contributed by atoms with Crippen molar-refractivity contribution in [1.82, 2.24) is 4.90 Å². The number of nitrogens with zero attached hydrogens (tertiary/aromatic N) is 3. The molecule has 3 rings (SSSR count). The van der Waals surface area contributed by atoms with Crippen LogP contribution in [0.25, 0.3) is 0 Å². The topological polar surface area (TPSA) is 45.0 Å². The van der Waals surface area contributed by atoms with Crippen molar-refractivity contribution >= 4 is 17.5 Å². The molecule has 0 aliphatic carbocycles. The second kappa shape index (κ2) is 4.69. The van der Waals surface area contributed by atoms with Crippen molar-refractivity contribution in [3.63, 3.8) is 0 Å². The molecule has 2 aliphatic heterocycles. The molecule has 2 heterocycles. The molecular formula is C13H14ClN3O. The number of hydrogen-bond acceptors (Lipinski definition) is 3. The molecular weight excluding hydrogens is 250 g/mol. The molecule has 0 aromatic heterocycles. The zero-order valence-corrected chi connectivity index (χ0v) is 10.7. The Morgan fingerprint density at radius 2 is 2.06 bits per heavy atom. The molecule has 94 valence electrons. The van der Waals surface area contributed by atoms with Crippen molar-refractivity contribution < 1.29 is 4.79 Å². The number of carbonyl (C=O) groups is 1. The lowest BCUT2D eigenvalue weighted by atomic mass is 10.00. The van der Waals surface area contributed by atoms with Gasteiger partial charge in [-0.3, -0.25) is 4.79 Å². The van der Waals surface area contributed by atoms with E-state index in [9.17, 15) is 4.79 Å². The zero-order chi connectivity index (χ0) is 12.5. The Morgan fingerprint density at radius 3 is 2.72 bits per heavy atom. The van der Waals surface area contributed by atoms with Gasteiger partial charge in [0.25, 0.3) is 0 Å². The summed E-state index contributed by atoms with van der Waals surface area (Å²) in [6.07, 6.45) is 1.60. The minimum atomic E-state index is -0.0377. The van der Waals surface area contributed by atoms with E-state index in [1.54, 1.807) is 0 Å². The van der Waals surface area contributed by atoms with Crippen molar-refractivity contribution in [3.05, 3.63) is 34.9 Å². The summed E-state index contributed by atoms with van der Waals surface area (Å²) in [6, 6.07) is 7.68. The average Bonchev–Trinajstić information content (AvgIpc) is 2.98. The van der Waals surface area contributed by atoms with E-state index in [4.69, 9.17) is 11.6 Å². The van der Waals surface area contributed by atoms with Crippen LogP contribution in [0.1, 0.15) is 24.4 Å². The second-order valence-electron chi connectivity index (χ2n) is 4.69. The van der Waals surface area contributed by atoms with Gasteiger partial charge in [-0.2, -0.15) is 10.2 Å². The van der Waals surface area contributed by atoms with E-state index in [0.717, 1.165) is 18.5 Å². The maximum atomic E-state index is 11.8. The van der Waals surface area contributed by atoms with E-state index < -0.39 is 0 Å². The number of hydrogen-bond donors (Lipinski definition) is 0. The van der Waals surface area contributed by atoms with Crippen LogP contribution < -0.4 is 0 Å². The number of azo groups is 1. The molecule has 0 bridgehead atoms. The summed E-state index contributed by atoms with van der Waals surface area (Å²) < 4.78 is 0. The van der Waals surface area contributed by atoms with Crippen LogP contribution in [-0.2, 0) is 4.79 Å². The van der Waals surface area contributed by atoms with Crippen molar-refractivity contribution in [2.45, 2.75) is 24.9 Å². The standard InChI is InChI=1S/C13H14ClN3O/c14-10-5-3-9(4-6-10)13-11(8-15-16-13)17-7-1-2-12(17)18/h3-6,11,13H,1-2,7-8H2. The normalized spacial score (nSPS) is 27.2. The Labute approximate surface area is 111 Å². The highest BCUT2D eigenvalue weighted by molar-refractivity contribution is 6.30. The van der Waals surface area contributed by atoms with Gasteiger partial charge < -0.3 is 4.90 Å². The van der Waals surface area contributed by atoms with Crippen molar-refractivity contribution in [3.8, 4) is 0 Å². The fraction of sp³-hybridized carbons (Fsp3) is 0.462. The Balaban J connectivity index is 1.84. The van der Waals surface area contributed by atoms with E-state index in [-0.39, 0.29) is 18.0 Å². The Hall–Kier alpha value is -1.42. The minimum absolute atomic E-state index is 0.0377. The monoisotopic (exact) mass is 263 g/mol. The van der Waals surface area contributed by atoms with Gasteiger partial charge in [-0.25, -0.2) is 0 Å². The van der Waals surface area contributed by atoms with Gasteiger partial charge in [0.05, 0.1) is 12.6 Å². The van der Waals surface area contributed by atoms with Gasteiger partial charge in [-0.05, 0) is 24.1 Å². The molecule has 2 unspecified atom stereocenters. The Kier molecular flexibility index (Phi) is 3.04. The van der Waals surface area contributed by atoms with Crippen LogP contribution in [0.3, 0.4) is 0 Å². The first-order valence-corrected chi connectivity index (χ1v) is 6.55. The van der Waals surface area contributed by atoms with Crippen LogP contribution in [0.15, 0.2) is 34.5 Å². The van der Waals surface area contributed by atoms with Gasteiger partial charge in [0.2, 0.25) is 5.91 Å². The summed E-state index contributed by atoms with van der Waals surface area (Å²) in [5.74, 6) is 0.228. The maximum absolute atomic E-state index is 11.8. The number of benzene rings is 1. The summed E-state index contributed by atoms with van der Waals surface area (Å²) in [5, 5.41) is 9.12. The van der Waals surface area contributed by atoms with E-state index in [2.05, 4.69) is 10.2 Å². The first-order chi connectivity index (χ1) is 8.75. The van der Waals surface area contributed by atoms with Gasteiger partial charge in [-0.15, -0.1) is 0 Å². The zero-order valence-electron chi connectivity index (χ0n) is 9.92. The molecule has 0 spiro atoms. The van der Waals surface area contributed by atoms with Crippen molar-refractivity contribution in [1.29, 1.82) is 0 Å². The van der Waals surface area contributed by atoms with Crippen LogP contribution >= 0.6 is 11.6 Å². The van der Waals surface area contributed by atoms with Gasteiger partial charge >= 0.3 is 0 Å². The highest BCUT2D eigenvalue weighted by Crippen LogP contribution is 2.33. The third-order valence-electron chi connectivity index (χ3n) is 3.56. The fourth-order valence-electron chi connectivity index (χ4n) is 2.63. The van der Waals surface area contributed by atoms with Crippen LogP contribution in [0.4, 0.5) is 0 Å². The van der Waals surface area contributed by atoms with Crippen LogP contribution in [0.2, 0.25) is 5.02 Å². The lowest BCUT2D eigenvalue weighted by molar-refractivity contribution is -0.129. The molecule has 2 aliphatic rings. The van der Waals surface area contributed by atoms with Crippen LogP contribution in [-0.4, -0.2) is 29.9 Å². The molecule has 1 fully saturated rings. The first-order valence-electron chi connectivity index (χ1n) is 6.17. The summed E-state index contributed by atoms with van der Waals surface area (Å²) in [6.45, 7) is 1.44. The predicted molar refractivity (Wildman–Crippen MR) is 68.7 cm³/mol. The third kappa shape index (κ3) is 2.01. The van der Waals surface area contributed by atoms with Crippen molar-refractivity contribution in [2.24, 2.45) is 10.2 Å². The molecule has 0 radical (unpaired) electrons. The summed E-state index contributed by atoms with van der Waals surface area (Å²) in [4.78, 5) is 13.7. The van der Waals surface area contributed by atoms with E-state index in [0.29, 0.717) is 18.0 Å². The Bertz CT molecular complexity index is 486. The SMILES string of the molecule is O=C1CCCN1C1CN=NC1c1ccc(Cl)cc1. The highest BCUT2D eigenvalue weighted by Gasteiger charge is 2.37. The summed E-state index contributed by atoms with van der Waals surface area (Å²) >= 11 is 5.89. The maximum Gasteiger partial charge on any atom is 0.223 e. The number of halogens is 1. The minimum Gasteiger partial charge on any atom is -0.335 e. The lowest BCUT2D eigenvalue weighted by Crippen LogP contribution is -2.40. The second-order valence-corrected chi connectivity index (χ2v) is 5.13. The van der Waals surface area contributed by atoms with Gasteiger partial charge in [0, 0.05) is 18.0 Å². The molecule has 1 saturated heterocycles. The molecule has 18 heavy (non-hydrogen) atoms. The number of amides is 1. The van der Waals surface area contributed by atoms with Crippen molar-refractivity contribution in [2.75, 3.05) is 13.1 Å². The smallest absolute Gasteiger partial charge is 0.223 e. The van der Waals surface area contributed by atoms with E-state index in [1.807, 2.05) is 29.2 Å². The predicted octanol–water partition coefficient (Wildman–Crippen LogP) is 2.84.